The maximum absolute atomic E-state index is 5.55. The largest absolute Gasteiger partial charge is 0.496 e. The fraction of sp³-hybridized carbons (Fsp3) is 0.571. The molecule has 0 N–H and O–H groups in total. The Labute approximate surface area is 104 Å². The molecule has 0 spiro atoms. The standard InChI is InChI=1S/C14H23NO2/c1-9-10(2)14(17-7)12(8-13(9)16-6)11(3)15(4)5/h8,11H,1-7H3. The molecule has 0 aliphatic carbocycles. The number of methoxy groups -OCH3 is 2. The molecular weight excluding hydrogens is 214 g/mol. The molecule has 0 saturated heterocycles. The lowest BCUT2D eigenvalue weighted by Crippen LogP contribution is -2.18. The first-order valence-corrected chi connectivity index (χ1v) is 5.82. The van der Waals surface area contributed by atoms with Crippen LogP contribution in [0.15, 0.2) is 6.07 Å². The van der Waals surface area contributed by atoms with Crippen molar-refractivity contribution in [2.24, 2.45) is 0 Å². The van der Waals surface area contributed by atoms with E-state index in [0.29, 0.717) is 0 Å². The summed E-state index contributed by atoms with van der Waals surface area (Å²) in [6.45, 7) is 6.29. The molecule has 17 heavy (non-hydrogen) atoms. The van der Waals surface area contributed by atoms with Crippen molar-refractivity contribution >= 4 is 0 Å². The summed E-state index contributed by atoms with van der Waals surface area (Å²) in [5, 5.41) is 0. The van der Waals surface area contributed by atoms with Crippen LogP contribution in [-0.4, -0.2) is 33.2 Å². The topological polar surface area (TPSA) is 21.7 Å². The Kier molecular flexibility index (Phi) is 4.40. The average molecular weight is 237 g/mol. The van der Waals surface area contributed by atoms with Crippen LogP contribution in [0.5, 0.6) is 11.5 Å². The summed E-state index contributed by atoms with van der Waals surface area (Å²) in [5.41, 5.74) is 3.45. The first-order valence-electron chi connectivity index (χ1n) is 5.82. The highest BCUT2D eigenvalue weighted by Gasteiger charge is 2.19. The van der Waals surface area contributed by atoms with Gasteiger partial charge in [0.25, 0.3) is 0 Å². The molecule has 3 nitrogen and oxygen atoms in total. The number of rotatable bonds is 4. The average Bonchev–Trinajstić information content (AvgIpc) is 2.31. The van der Waals surface area contributed by atoms with Gasteiger partial charge < -0.3 is 14.4 Å². The van der Waals surface area contributed by atoms with E-state index in [4.69, 9.17) is 9.47 Å². The molecule has 0 aliphatic heterocycles. The van der Waals surface area contributed by atoms with E-state index >= 15 is 0 Å². The highest BCUT2D eigenvalue weighted by atomic mass is 16.5. The second-order valence-corrected chi connectivity index (χ2v) is 4.59. The lowest BCUT2D eigenvalue weighted by molar-refractivity contribution is 0.305. The summed E-state index contributed by atoms with van der Waals surface area (Å²) in [7, 11) is 7.55. The Morgan fingerprint density at radius 1 is 1.06 bits per heavy atom. The van der Waals surface area contributed by atoms with E-state index < -0.39 is 0 Å². The fourth-order valence-corrected chi connectivity index (χ4v) is 1.96. The molecule has 0 aromatic heterocycles. The van der Waals surface area contributed by atoms with Crippen LogP contribution in [0.1, 0.15) is 29.7 Å². The van der Waals surface area contributed by atoms with E-state index in [1.54, 1.807) is 14.2 Å². The minimum Gasteiger partial charge on any atom is -0.496 e. The summed E-state index contributed by atoms with van der Waals surface area (Å²) in [6.07, 6.45) is 0. The summed E-state index contributed by atoms with van der Waals surface area (Å²) in [6, 6.07) is 2.37. The predicted molar refractivity (Wildman–Crippen MR) is 71.1 cm³/mol. The molecule has 1 rings (SSSR count). The van der Waals surface area contributed by atoms with Gasteiger partial charge in [0.05, 0.1) is 14.2 Å². The van der Waals surface area contributed by atoms with Gasteiger partial charge in [0, 0.05) is 11.6 Å². The highest BCUT2D eigenvalue weighted by molar-refractivity contribution is 5.53. The molecule has 0 amide bonds. The van der Waals surface area contributed by atoms with Gasteiger partial charge in [0.2, 0.25) is 0 Å². The van der Waals surface area contributed by atoms with Crippen molar-refractivity contribution in [3.05, 3.63) is 22.8 Å². The molecule has 1 unspecified atom stereocenters. The van der Waals surface area contributed by atoms with Gasteiger partial charge in [-0.1, -0.05) is 0 Å². The first kappa shape index (κ1) is 13.8. The Hall–Kier alpha value is -1.22. The van der Waals surface area contributed by atoms with Crippen LogP contribution in [0.25, 0.3) is 0 Å². The van der Waals surface area contributed by atoms with Gasteiger partial charge in [0.15, 0.2) is 0 Å². The Morgan fingerprint density at radius 2 is 1.65 bits per heavy atom. The lowest BCUT2D eigenvalue weighted by Gasteiger charge is -2.25. The fourth-order valence-electron chi connectivity index (χ4n) is 1.96. The van der Waals surface area contributed by atoms with Gasteiger partial charge in [-0.05, 0) is 52.1 Å². The zero-order chi connectivity index (χ0) is 13.2. The maximum Gasteiger partial charge on any atom is 0.127 e. The number of nitrogens with zero attached hydrogens (tertiary/aromatic N) is 1. The molecule has 0 radical (unpaired) electrons. The first-order chi connectivity index (χ1) is 7.93. The van der Waals surface area contributed by atoms with Gasteiger partial charge in [-0.15, -0.1) is 0 Å². The van der Waals surface area contributed by atoms with Crippen LogP contribution >= 0.6 is 0 Å². The van der Waals surface area contributed by atoms with Crippen molar-refractivity contribution in [3.8, 4) is 11.5 Å². The lowest BCUT2D eigenvalue weighted by atomic mass is 9.98. The predicted octanol–water partition coefficient (Wildman–Crippen LogP) is 2.94. The van der Waals surface area contributed by atoms with Gasteiger partial charge in [-0.3, -0.25) is 0 Å². The molecule has 0 aliphatic rings. The SMILES string of the molecule is COc1cc(C(C)N(C)C)c(OC)c(C)c1C. The highest BCUT2D eigenvalue weighted by Crippen LogP contribution is 2.37. The second kappa shape index (κ2) is 5.41. The van der Waals surface area contributed by atoms with Crippen molar-refractivity contribution in [3.63, 3.8) is 0 Å². The molecule has 0 bridgehead atoms. The summed E-state index contributed by atoms with van der Waals surface area (Å²) >= 11 is 0. The zero-order valence-corrected chi connectivity index (χ0v) is 11.9. The molecule has 96 valence electrons. The van der Waals surface area contributed by atoms with E-state index in [1.165, 1.54) is 0 Å². The van der Waals surface area contributed by atoms with Crippen molar-refractivity contribution in [2.45, 2.75) is 26.8 Å². The smallest absolute Gasteiger partial charge is 0.127 e. The van der Waals surface area contributed by atoms with Crippen molar-refractivity contribution in [2.75, 3.05) is 28.3 Å². The van der Waals surface area contributed by atoms with Gasteiger partial charge >= 0.3 is 0 Å². The molecular formula is C14H23NO2. The third kappa shape index (κ3) is 2.55. The second-order valence-electron chi connectivity index (χ2n) is 4.59. The van der Waals surface area contributed by atoms with Crippen molar-refractivity contribution < 1.29 is 9.47 Å². The quantitative estimate of drug-likeness (QED) is 0.803. The number of benzene rings is 1. The normalized spacial score (nSPS) is 12.7. The molecule has 1 aromatic carbocycles. The van der Waals surface area contributed by atoms with E-state index in [0.717, 1.165) is 28.2 Å². The maximum atomic E-state index is 5.55. The Balaban J connectivity index is 3.42. The molecule has 0 fully saturated rings. The molecule has 0 saturated carbocycles. The van der Waals surface area contributed by atoms with Crippen LogP contribution < -0.4 is 9.47 Å². The van der Waals surface area contributed by atoms with E-state index in [9.17, 15) is 0 Å². The minimum atomic E-state index is 0.290. The minimum absolute atomic E-state index is 0.290. The van der Waals surface area contributed by atoms with Crippen LogP contribution in [0.2, 0.25) is 0 Å². The summed E-state index contributed by atoms with van der Waals surface area (Å²) in [4.78, 5) is 2.16. The molecule has 0 heterocycles. The van der Waals surface area contributed by atoms with Crippen LogP contribution in [0, 0.1) is 13.8 Å². The van der Waals surface area contributed by atoms with Crippen molar-refractivity contribution in [1.82, 2.24) is 4.90 Å². The van der Waals surface area contributed by atoms with Crippen LogP contribution in [0.3, 0.4) is 0 Å². The van der Waals surface area contributed by atoms with Crippen LogP contribution in [0.4, 0.5) is 0 Å². The molecule has 1 atom stereocenters. The van der Waals surface area contributed by atoms with Crippen molar-refractivity contribution in [1.29, 1.82) is 0 Å². The van der Waals surface area contributed by atoms with Crippen LogP contribution in [-0.2, 0) is 0 Å². The summed E-state index contributed by atoms with van der Waals surface area (Å²) < 4.78 is 11.0. The van der Waals surface area contributed by atoms with E-state index in [-0.39, 0.29) is 6.04 Å². The Bertz CT molecular complexity index is 400. The van der Waals surface area contributed by atoms with Gasteiger partial charge in [0.1, 0.15) is 11.5 Å². The molecule has 1 aromatic rings. The molecule has 3 heteroatoms. The zero-order valence-electron chi connectivity index (χ0n) is 11.9. The van der Waals surface area contributed by atoms with Gasteiger partial charge in [-0.25, -0.2) is 0 Å². The number of hydrogen-bond donors (Lipinski definition) is 0. The third-order valence-corrected chi connectivity index (χ3v) is 3.47. The third-order valence-electron chi connectivity index (χ3n) is 3.47. The number of ether oxygens (including phenoxy) is 2. The van der Waals surface area contributed by atoms with E-state index in [1.807, 2.05) is 0 Å². The summed E-state index contributed by atoms with van der Waals surface area (Å²) in [5.74, 6) is 1.89. The number of hydrogen-bond acceptors (Lipinski definition) is 3. The van der Waals surface area contributed by atoms with E-state index in [2.05, 4.69) is 45.8 Å². The Morgan fingerprint density at radius 3 is 2.06 bits per heavy atom. The van der Waals surface area contributed by atoms with Gasteiger partial charge in [-0.2, -0.15) is 0 Å². The monoisotopic (exact) mass is 237 g/mol.